The molecule has 1 aromatic carbocycles. The van der Waals surface area contributed by atoms with Gasteiger partial charge in [-0.1, -0.05) is 0 Å². The highest BCUT2D eigenvalue weighted by Crippen LogP contribution is 2.21. The lowest BCUT2D eigenvalue weighted by atomic mass is 10.2. The maximum Gasteiger partial charge on any atom is 0.272 e. The van der Waals surface area contributed by atoms with Crippen LogP contribution < -0.4 is 15.0 Å². The molecule has 0 unspecified atom stereocenters. The number of aromatic nitrogens is 2. The Morgan fingerprint density at radius 1 is 1.14 bits per heavy atom. The van der Waals surface area contributed by atoms with Crippen molar-refractivity contribution in [3.8, 4) is 5.75 Å². The summed E-state index contributed by atoms with van der Waals surface area (Å²) in [4.78, 5) is 27.4. The number of piperazine rings is 1. The summed E-state index contributed by atoms with van der Waals surface area (Å²) in [6.45, 7) is 4.56. The van der Waals surface area contributed by atoms with Gasteiger partial charge in [-0.2, -0.15) is 0 Å². The van der Waals surface area contributed by atoms with Crippen molar-refractivity contribution in [3.05, 3.63) is 42.4 Å². The van der Waals surface area contributed by atoms with Crippen LogP contribution in [0, 0.1) is 0 Å². The number of methoxy groups -OCH3 is 1. The SMILES string of the molecule is COc1ccc(N2CCN(C(=O)c3cc(NCCN(C)C)ncn3)CC2)cc1. The first kappa shape index (κ1) is 19.9. The molecule has 1 aromatic heterocycles. The van der Waals surface area contributed by atoms with E-state index in [0.717, 1.165) is 37.6 Å². The number of anilines is 2. The van der Waals surface area contributed by atoms with Gasteiger partial charge in [0.2, 0.25) is 0 Å². The zero-order valence-corrected chi connectivity index (χ0v) is 16.8. The summed E-state index contributed by atoms with van der Waals surface area (Å²) in [5.41, 5.74) is 1.57. The van der Waals surface area contributed by atoms with Gasteiger partial charge in [0.15, 0.2) is 0 Å². The Morgan fingerprint density at radius 3 is 2.50 bits per heavy atom. The lowest BCUT2D eigenvalue weighted by Gasteiger charge is -2.36. The van der Waals surface area contributed by atoms with Crippen LogP contribution >= 0.6 is 0 Å². The molecule has 0 atom stereocenters. The van der Waals surface area contributed by atoms with Gasteiger partial charge in [0.1, 0.15) is 23.6 Å². The van der Waals surface area contributed by atoms with E-state index in [2.05, 4.69) is 25.1 Å². The number of amides is 1. The summed E-state index contributed by atoms with van der Waals surface area (Å²) >= 11 is 0. The molecular weight excluding hydrogens is 356 g/mol. The number of benzene rings is 1. The van der Waals surface area contributed by atoms with E-state index >= 15 is 0 Å². The number of hydrogen-bond donors (Lipinski definition) is 1. The van der Waals surface area contributed by atoms with Crippen LogP contribution in [0.15, 0.2) is 36.7 Å². The van der Waals surface area contributed by atoms with Crippen LogP contribution in [0.5, 0.6) is 5.75 Å². The topological polar surface area (TPSA) is 73.8 Å². The van der Waals surface area contributed by atoms with Gasteiger partial charge in [0.25, 0.3) is 5.91 Å². The molecule has 1 N–H and O–H groups in total. The average Bonchev–Trinajstić information content (AvgIpc) is 2.73. The van der Waals surface area contributed by atoms with E-state index < -0.39 is 0 Å². The van der Waals surface area contributed by atoms with Gasteiger partial charge >= 0.3 is 0 Å². The summed E-state index contributed by atoms with van der Waals surface area (Å²) < 4.78 is 5.21. The van der Waals surface area contributed by atoms with E-state index in [1.165, 1.54) is 6.33 Å². The molecule has 1 aliphatic heterocycles. The number of hydrogen-bond acceptors (Lipinski definition) is 7. The van der Waals surface area contributed by atoms with E-state index in [9.17, 15) is 4.79 Å². The maximum absolute atomic E-state index is 12.8. The molecule has 28 heavy (non-hydrogen) atoms. The minimum atomic E-state index is -0.0487. The summed E-state index contributed by atoms with van der Waals surface area (Å²) in [6, 6.07) is 9.74. The van der Waals surface area contributed by atoms with Crippen molar-refractivity contribution >= 4 is 17.4 Å². The van der Waals surface area contributed by atoms with Crippen LogP contribution in [-0.2, 0) is 0 Å². The number of rotatable bonds is 7. The Morgan fingerprint density at radius 2 is 1.86 bits per heavy atom. The predicted octanol–water partition coefficient (Wildman–Crippen LogP) is 1.42. The highest BCUT2D eigenvalue weighted by atomic mass is 16.5. The highest BCUT2D eigenvalue weighted by molar-refractivity contribution is 5.93. The quantitative estimate of drug-likeness (QED) is 0.774. The Balaban J connectivity index is 1.55. The number of likely N-dealkylation sites (N-methyl/N-ethyl adjacent to an activating group) is 1. The van der Waals surface area contributed by atoms with Crippen molar-refractivity contribution in [1.29, 1.82) is 0 Å². The first-order chi connectivity index (χ1) is 13.6. The average molecular weight is 384 g/mol. The molecule has 0 bridgehead atoms. The molecule has 1 fully saturated rings. The second kappa shape index (κ2) is 9.36. The first-order valence-electron chi connectivity index (χ1n) is 9.46. The fraction of sp³-hybridized carbons (Fsp3) is 0.450. The van der Waals surface area contributed by atoms with Crippen LogP contribution in [0.1, 0.15) is 10.5 Å². The van der Waals surface area contributed by atoms with Crippen molar-refractivity contribution in [2.24, 2.45) is 0 Å². The van der Waals surface area contributed by atoms with Crippen LogP contribution in [0.2, 0.25) is 0 Å². The third-order valence-electron chi connectivity index (χ3n) is 4.76. The van der Waals surface area contributed by atoms with Gasteiger partial charge in [-0.05, 0) is 38.4 Å². The Bertz CT molecular complexity index is 773. The van der Waals surface area contributed by atoms with Gasteiger partial charge in [-0.15, -0.1) is 0 Å². The molecule has 1 saturated heterocycles. The van der Waals surface area contributed by atoms with Gasteiger partial charge in [-0.25, -0.2) is 9.97 Å². The zero-order valence-electron chi connectivity index (χ0n) is 16.8. The number of carbonyl (C=O) groups excluding carboxylic acids is 1. The molecule has 2 heterocycles. The number of nitrogens with one attached hydrogen (secondary N) is 1. The van der Waals surface area contributed by atoms with Crippen molar-refractivity contribution in [3.63, 3.8) is 0 Å². The minimum Gasteiger partial charge on any atom is -0.497 e. The lowest BCUT2D eigenvalue weighted by Crippen LogP contribution is -2.49. The monoisotopic (exact) mass is 384 g/mol. The molecule has 1 aliphatic rings. The number of nitrogens with zero attached hydrogens (tertiary/aromatic N) is 5. The normalized spacial score (nSPS) is 14.3. The summed E-state index contributed by atoms with van der Waals surface area (Å²) in [6.07, 6.45) is 1.44. The molecule has 8 nitrogen and oxygen atoms in total. The molecule has 3 rings (SSSR count). The van der Waals surface area contributed by atoms with Crippen molar-refractivity contribution in [2.75, 3.05) is 70.7 Å². The second-order valence-corrected chi connectivity index (χ2v) is 7.00. The Kier molecular flexibility index (Phi) is 6.65. The molecule has 8 heteroatoms. The second-order valence-electron chi connectivity index (χ2n) is 7.00. The fourth-order valence-electron chi connectivity index (χ4n) is 3.10. The number of ether oxygens (including phenoxy) is 1. The fourth-order valence-corrected chi connectivity index (χ4v) is 3.10. The smallest absolute Gasteiger partial charge is 0.272 e. The Labute approximate surface area is 166 Å². The molecule has 150 valence electrons. The predicted molar refractivity (Wildman–Crippen MR) is 110 cm³/mol. The molecule has 1 amide bonds. The first-order valence-corrected chi connectivity index (χ1v) is 9.46. The lowest BCUT2D eigenvalue weighted by molar-refractivity contribution is 0.0740. The van der Waals surface area contributed by atoms with Crippen LogP contribution in [0.4, 0.5) is 11.5 Å². The standard InChI is InChI=1S/C20H28N6O2/c1-24(2)9-8-21-19-14-18(22-15-23-19)20(27)26-12-10-25(11-13-26)16-4-6-17(28-3)7-5-16/h4-7,14-15H,8-13H2,1-3H3,(H,21,22,23). The third kappa shape index (κ3) is 5.10. The molecule has 0 aliphatic carbocycles. The van der Waals surface area contributed by atoms with E-state index in [1.54, 1.807) is 13.2 Å². The molecule has 0 saturated carbocycles. The van der Waals surface area contributed by atoms with Crippen molar-refractivity contribution in [2.45, 2.75) is 0 Å². The maximum atomic E-state index is 12.8. The Hall–Kier alpha value is -2.87. The van der Waals surface area contributed by atoms with E-state index in [1.807, 2.05) is 43.3 Å². The van der Waals surface area contributed by atoms with Gasteiger partial charge < -0.3 is 24.8 Å². The van der Waals surface area contributed by atoms with Crippen LogP contribution in [0.25, 0.3) is 0 Å². The van der Waals surface area contributed by atoms with E-state index in [0.29, 0.717) is 24.6 Å². The highest BCUT2D eigenvalue weighted by Gasteiger charge is 2.23. The van der Waals surface area contributed by atoms with Crippen LogP contribution in [-0.4, -0.2) is 86.1 Å². The zero-order chi connectivity index (χ0) is 19.9. The van der Waals surface area contributed by atoms with Gasteiger partial charge in [-0.3, -0.25) is 4.79 Å². The minimum absolute atomic E-state index is 0.0487. The van der Waals surface area contributed by atoms with Gasteiger partial charge in [0.05, 0.1) is 7.11 Å². The largest absolute Gasteiger partial charge is 0.497 e. The van der Waals surface area contributed by atoms with Crippen molar-refractivity contribution < 1.29 is 9.53 Å². The summed E-state index contributed by atoms with van der Waals surface area (Å²) in [7, 11) is 5.69. The van der Waals surface area contributed by atoms with Crippen LogP contribution in [0.3, 0.4) is 0 Å². The molecule has 0 radical (unpaired) electrons. The summed E-state index contributed by atoms with van der Waals surface area (Å²) in [5, 5.41) is 3.23. The molecular formula is C20H28N6O2. The summed E-state index contributed by atoms with van der Waals surface area (Å²) in [5.74, 6) is 1.47. The van der Waals surface area contributed by atoms with Gasteiger partial charge in [0, 0.05) is 51.0 Å². The molecule has 0 spiro atoms. The van der Waals surface area contributed by atoms with E-state index in [-0.39, 0.29) is 5.91 Å². The van der Waals surface area contributed by atoms with E-state index in [4.69, 9.17) is 4.74 Å². The third-order valence-corrected chi connectivity index (χ3v) is 4.76. The number of carbonyl (C=O) groups is 1. The van der Waals surface area contributed by atoms with Crippen molar-refractivity contribution in [1.82, 2.24) is 19.8 Å². The molecule has 2 aromatic rings.